The van der Waals surface area contributed by atoms with Gasteiger partial charge in [0.15, 0.2) is 0 Å². The van der Waals surface area contributed by atoms with Gasteiger partial charge in [0.05, 0.1) is 0 Å². The maximum absolute atomic E-state index is 12.3. The van der Waals surface area contributed by atoms with E-state index >= 15 is 0 Å². The van der Waals surface area contributed by atoms with E-state index in [4.69, 9.17) is 0 Å². The summed E-state index contributed by atoms with van der Waals surface area (Å²) in [4.78, 5) is 25.3. The van der Waals surface area contributed by atoms with Crippen molar-refractivity contribution in [1.29, 1.82) is 0 Å². The van der Waals surface area contributed by atoms with E-state index in [1.807, 2.05) is 24.3 Å². The summed E-state index contributed by atoms with van der Waals surface area (Å²) in [6.07, 6.45) is 6.87. The molecular weight excluding hydrogens is 264 g/mol. The largest absolute Gasteiger partial charge is 0.342 e. The maximum Gasteiger partial charge on any atom is 0.227 e. The normalized spacial score (nSPS) is 17.3. The summed E-state index contributed by atoms with van der Waals surface area (Å²) in [6.45, 7) is 2.03. The summed E-state index contributed by atoms with van der Waals surface area (Å²) in [6, 6.07) is 7.64. The van der Waals surface area contributed by atoms with Crippen LogP contribution < -0.4 is 5.32 Å². The van der Waals surface area contributed by atoms with Crippen LogP contribution >= 0.6 is 0 Å². The number of rotatable bonds is 4. The fourth-order valence-corrected chi connectivity index (χ4v) is 2.41. The van der Waals surface area contributed by atoms with Crippen LogP contribution in [0.15, 0.2) is 36.4 Å². The van der Waals surface area contributed by atoms with E-state index in [2.05, 4.69) is 17.5 Å². The lowest BCUT2D eigenvalue weighted by atomic mass is 9.93. The Labute approximate surface area is 125 Å². The number of carbonyl (C=O) groups excluding carboxylic acids is 2. The van der Waals surface area contributed by atoms with Gasteiger partial charge in [-0.2, -0.15) is 0 Å². The Morgan fingerprint density at radius 1 is 1.29 bits per heavy atom. The molecule has 0 heterocycles. The summed E-state index contributed by atoms with van der Waals surface area (Å²) in [7, 11) is 1.76. The number of hydrogen-bond acceptors (Lipinski definition) is 2. The fraction of sp³-hybridized carbons (Fsp3) is 0.412. The third kappa shape index (κ3) is 4.18. The van der Waals surface area contributed by atoms with Crippen molar-refractivity contribution < 1.29 is 9.59 Å². The predicted octanol–water partition coefficient (Wildman–Crippen LogP) is 2.96. The topological polar surface area (TPSA) is 49.4 Å². The second kappa shape index (κ2) is 7.07. The zero-order chi connectivity index (χ0) is 15.2. The van der Waals surface area contributed by atoms with E-state index in [-0.39, 0.29) is 17.7 Å². The Hall–Kier alpha value is -2.10. The van der Waals surface area contributed by atoms with Gasteiger partial charge in [-0.15, -0.1) is 0 Å². The minimum absolute atomic E-state index is 0.00791. The summed E-state index contributed by atoms with van der Waals surface area (Å²) in [5.41, 5.74) is 1.75. The molecule has 2 rings (SSSR count). The van der Waals surface area contributed by atoms with E-state index in [0.717, 1.165) is 30.5 Å². The average molecular weight is 286 g/mol. The van der Waals surface area contributed by atoms with Crippen LogP contribution in [0.4, 0.5) is 5.69 Å². The SMILES string of the molecule is CC(=O)N(C)Cc1ccccc1NC(=O)C1CC=CCC1. The minimum atomic E-state index is 0.00791. The molecule has 1 aromatic rings. The van der Waals surface area contributed by atoms with E-state index < -0.39 is 0 Å². The molecule has 0 fully saturated rings. The molecule has 1 aliphatic carbocycles. The first-order chi connectivity index (χ1) is 10.1. The molecule has 0 bridgehead atoms. The number of benzene rings is 1. The quantitative estimate of drug-likeness (QED) is 0.865. The summed E-state index contributed by atoms with van der Waals surface area (Å²) in [5.74, 6) is 0.124. The summed E-state index contributed by atoms with van der Waals surface area (Å²) >= 11 is 0. The van der Waals surface area contributed by atoms with Crippen LogP contribution in [0, 0.1) is 5.92 Å². The lowest BCUT2D eigenvalue weighted by Crippen LogP contribution is -2.26. The first-order valence-corrected chi connectivity index (χ1v) is 7.33. The van der Waals surface area contributed by atoms with Crippen molar-refractivity contribution in [3.63, 3.8) is 0 Å². The average Bonchev–Trinajstić information content (AvgIpc) is 2.50. The Morgan fingerprint density at radius 3 is 2.71 bits per heavy atom. The smallest absolute Gasteiger partial charge is 0.227 e. The molecule has 1 atom stereocenters. The second-order valence-electron chi connectivity index (χ2n) is 5.50. The van der Waals surface area contributed by atoms with E-state index in [1.165, 1.54) is 6.92 Å². The van der Waals surface area contributed by atoms with Crippen molar-refractivity contribution in [3.05, 3.63) is 42.0 Å². The number of para-hydroxylation sites is 1. The Bertz CT molecular complexity index is 551. The number of allylic oxidation sites excluding steroid dienone is 2. The third-order valence-corrected chi connectivity index (χ3v) is 3.86. The number of carbonyl (C=O) groups is 2. The van der Waals surface area contributed by atoms with Crippen LogP contribution in [0.1, 0.15) is 31.7 Å². The van der Waals surface area contributed by atoms with Crippen molar-refractivity contribution in [1.82, 2.24) is 4.90 Å². The Morgan fingerprint density at radius 2 is 2.05 bits per heavy atom. The lowest BCUT2D eigenvalue weighted by molar-refractivity contribution is -0.128. The third-order valence-electron chi connectivity index (χ3n) is 3.86. The van der Waals surface area contributed by atoms with Crippen molar-refractivity contribution in [2.75, 3.05) is 12.4 Å². The van der Waals surface area contributed by atoms with Gasteiger partial charge in [0, 0.05) is 32.1 Å². The molecule has 0 saturated carbocycles. The second-order valence-corrected chi connectivity index (χ2v) is 5.50. The molecular formula is C17H22N2O2. The number of anilines is 1. The molecule has 0 saturated heterocycles. The highest BCUT2D eigenvalue weighted by Crippen LogP contribution is 2.22. The molecule has 112 valence electrons. The zero-order valence-electron chi connectivity index (χ0n) is 12.6. The van der Waals surface area contributed by atoms with Crippen LogP contribution in [0.5, 0.6) is 0 Å². The Kier molecular flexibility index (Phi) is 5.14. The molecule has 21 heavy (non-hydrogen) atoms. The number of amides is 2. The van der Waals surface area contributed by atoms with Crippen LogP contribution in [-0.4, -0.2) is 23.8 Å². The summed E-state index contributed by atoms with van der Waals surface area (Å²) in [5, 5.41) is 3.01. The van der Waals surface area contributed by atoms with Gasteiger partial charge in [0.2, 0.25) is 11.8 Å². The van der Waals surface area contributed by atoms with E-state index in [1.54, 1.807) is 11.9 Å². The molecule has 2 amide bonds. The first kappa shape index (κ1) is 15.3. The monoisotopic (exact) mass is 286 g/mol. The first-order valence-electron chi connectivity index (χ1n) is 7.33. The number of nitrogens with zero attached hydrogens (tertiary/aromatic N) is 1. The molecule has 0 aromatic heterocycles. The molecule has 1 aliphatic rings. The fourth-order valence-electron chi connectivity index (χ4n) is 2.41. The lowest BCUT2D eigenvalue weighted by Gasteiger charge is -2.20. The van der Waals surface area contributed by atoms with Gasteiger partial charge < -0.3 is 10.2 Å². The van der Waals surface area contributed by atoms with Gasteiger partial charge in [-0.1, -0.05) is 30.4 Å². The van der Waals surface area contributed by atoms with Gasteiger partial charge in [0.25, 0.3) is 0 Å². The van der Waals surface area contributed by atoms with Gasteiger partial charge >= 0.3 is 0 Å². The number of nitrogens with one attached hydrogen (secondary N) is 1. The molecule has 4 heteroatoms. The molecule has 1 aromatic carbocycles. The molecule has 1 unspecified atom stereocenters. The van der Waals surface area contributed by atoms with E-state index in [0.29, 0.717) is 6.54 Å². The molecule has 0 spiro atoms. The predicted molar refractivity (Wildman–Crippen MR) is 83.7 cm³/mol. The van der Waals surface area contributed by atoms with Gasteiger partial charge in [-0.25, -0.2) is 0 Å². The van der Waals surface area contributed by atoms with Crippen LogP contribution in [0.25, 0.3) is 0 Å². The van der Waals surface area contributed by atoms with Gasteiger partial charge in [-0.3, -0.25) is 9.59 Å². The summed E-state index contributed by atoms with van der Waals surface area (Å²) < 4.78 is 0. The van der Waals surface area contributed by atoms with Crippen LogP contribution in [0.2, 0.25) is 0 Å². The van der Waals surface area contributed by atoms with Crippen molar-refractivity contribution in [3.8, 4) is 0 Å². The zero-order valence-corrected chi connectivity index (χ0v) is 12.6. The van der Waals surface area contributed by atoms with Crippen molar-refractivity contribution >= 4 is 17.5 Å². The maximum atomic E-state index is 12.3. The van der Waals surface area contributed by atoms with Crippen LogP contribution in [0.3, 0.4) is 0 Å². The van der Waals surface area contributed by atoms with Crippen molar-refractivity contribution in [2.24, 2.45) is 5.92 Å². The highest BCUT2D eigenvalue weighted by molar-refractivity contribution is 5.93. The highest BCUT2D eigenvalue weighted by atomic mass is 16.2. The van der Waals surface area contributed by atoms with Crippen LogP contribution in [-0.2, 0) is 16.1 Å². The van der Waals surface area contributed by atoms with Crippen molar-refractivity contribution in [2.45, 2.75) is 32.7 Å². The minimum Gasteiger partial charge on any atom is -0.342 e. The standard InChI is InChI=1S/C17H22N2O2/c1-13(20)19(2)12-15-10-6-7-11-16(15)18-17(21)14-8-4-3-5-9-14/h3-4,6-7,10-11,14H,5,8-9,12H2,1-2H3,(H,18,21). The Balaban J connectivity index is 2.07. The number of hydrogen-bond donors (Lipinski definition) is 1. The highest BCUT2D eigenvalue weighted by Gasteiger charge is 2.19. The van der Waals surface area contributed by atoms with E-state index in [9.17, 15) is 9.59 Å². The van der Waals surface area contributed by atoms with Gasteiger partial charge in [0.1, 0.15) is 0 Å². The molecule has 0 aliphatic heterocycles. The van der Waals surface area contributed by atoms with Gasteiger partial charge in [-0.05, 0) is 30.9 Å². The molecule has 4 nitrogen and oxygen atoms in total. The molecule has 0 radical (unpaired) electrons. The molecule has 1 N–H and O–H groups in total.